The van der Waals surface area contributed by atoms with Gasteiger partial charge in [0.1, 0.15) is 0 Å². The van der Waals surface area contributed by atoms with E-state index in [2.05, 4.69) is 24.4 Å². The van der Waals surface area contributed by atoms with Gasteiger partial charge in [-0.1, -0.05) is 26.7 Å². The highest BCUT2D eigenvalue weighted by Gasteiger charge is 2.25. The molecule has 0 bridgehead atoms. The maximum absolute atomic E-state index is 5.89. The number of aryl methyl sites for hydroxylation is 2. The molecule has 4 N–H and O–H groups in total. The SMILES string of the molecule is CCCC[n+]1noc(N)c1CCCc1c(N)on[n+]1CCCC. The quantitative estimate of drug-likeness (QED) is 0.635. The van der Waals surface area contributed by atoms with Gasteiger partial charge in [-0.15, -0.1) is 0 Å². The van der Waals surface area contributed by atoms with E-state index in [1.54, 1.807) is 0 Å². The number of nitrogens with zero attached hydrogens (tertiary/aromatic N) is 4. The molecule has 0 unspecified atom stereocenters. The van der Waals surface area contributed by atoms with Crippen LogP contribution >= 0.6 is 0 Å². The van der Waals surface area contributed by atoms with E-state index in [1.807, 2.05) is 9.36 Å². The Morgan fingerprint density at radius 2 is 1.22 bits per heavy atom. The van der Waals surface area contributed by atoms with Crippen molar-refractivity contribution in [3.63, 3.8) is 0 Å². The van der Waals surface area contributed by atoms with Gasteiger partial charge in [0.25, 0.3) is 23.2 Å². The largest absolute Gasteiger partial charge is 0.362 e. The van der Waals surface area contributed by atoms with Gasteiger partial charge in [0.2, 0.25) is 10.5 Å². The number of unbranched alkanes of at least 4 members (excludes halogenated alkanes) is 2. The molecule has 0 aromatic carbocycles. The number of anilines is 2. The smallest absolute Gasteiger partial charge is 0.296 e. The average molecular weight is 324 g/mol. The van der Waals surface area contributed by atoms with Crippen molar-refractivity contribution in [1.29, 1.82) is 0 Å². The van der Waals surface area contributed by atoms with Crippen molar-refractivity contribution in [1.82, 2.24) is 10.5 Å². The van der Waals surface area contributed by atoms with Gasteiger partial charge in [-0.3, -0.25) is 9.05 Å². The van der Waals surface area contributed by atoms with E-state index < -0.39 is 0 Å². The predicted octanol–water partition coefficient (Wildman–Crippen LogP) is 1.18. The summed E-state index contributed by atoms with van der Waals surface area (Å²) >= 11 is 0. The molecule has 0 spiro atoms. The monoisotopic (exact) mass is 324 g/mol. The second-order valence-corrected chi connectivity index (χ2v) is 5.77. The van der Waals surface area contributed by atoms with Gasteiger partial charge in [-0.2, -0.15) is 0 Å². The highest BCUT2D eigenvalue weighted by atomic mass is 16.5. The van der Waals surface area contributed by atoms with Gasteiger partial charge in [0.15, 0.2) is 13.1 Å². The summed E-state index contributed by atoms with van der Waals surface area (Å²) in [6.07, 6.45) is 6.78. The zero-order chi connectivity index (χ0) is 16.7. The topological polar surface area (TPSA) is 112 Å². The van der Waals surface area contributed by atoms with Crippen LogP contribution in [-0.2, 0) is 25.9 Å². The molecule has 8 nitrogen and oxygen atoms in total. The van der Waals surface area contributed by atoms with Crippen LogP contribution in [0.25, 0.3) is 0 Å². The molecule has 0 aliphatic heterocycles. The maximum atomic E-state index is 5.89. The molecule has 0 aliphatic rings. The van der Waals surface area contributed by atoms with Crippen LogP contribution in [0.1, 0.15) is 57.3 Å². The summed E-state index contributed by atoms with van der Waals surface area (Å²) in [6, 6.07) is 0. The standard InChI is InChI=1S/C15H28N6O2/c1-3-5-10-20-12(14(16)22-18-20)8-7-9-13-15(17)23-19-21(13)11-6-4-2/h3-11,16-17H2,1-2H3/q+2. The third-order valence-electron chi connectivity index (χ3n) is 3.94. The van der Waals surface area contributed by atoms with Crippen molar-refractivity contribution in [3.05, 3.63) is 11.4 Å². The Hall–Kier alpha value is -2.12. The molecule has 23 heavy (non-hydrogen) atoms. The minimum atomic E-state index is 0.401. The van der Waals surface area contributed by atoms with Crippen LogP contribution in [0.2, 0.25) is 0 Å². The van der Waals surface area contributed by atoms with Crippen LogP contribution < -0.4 is 20.8 Å². The molecule has 2 aromatic heterocycles. The van der Waals surface area contributed by atoms with Crippen LogP contribution in [-0.4, -0.2) is 10.5 Å². The predicted molar refractivity (Wildman–Crippen MR) is 84.1 cm³/mol. The first kappa shape index (κ1) is 17.2. The summed E-state index contributed by atoms with van der Waals surface area (Å²) in [7, 11) is 0. The fourth-order valence-electron chi connectivity index (χ4n) is 2.54. The maximum Gasteiger partial charge on any atom is 0.296 e. The van der Waals surface area contributed by atoms with Gasteiger partial charge < -0.3 is 11.5 Å². The van der Waals surface area contributed by atoms with Crippen molar-refractivity contribution in [2.45, 2.75) is 71.9 Å². The van der Waals surface area contributed by atoms with Crippen LogP contribution in [0.5, 0.6) is 0 Å². The van der Waals surface area contributed by atoms with Crippen LogP contribution in [0.4, 0.5) is 11.8 Å². The first-order valence-electron chi connectivity index (χ1n) is 8.45. The molecule has 128 valence electrons. The summed E-state index contributed by atoms with van der Waals surface area (Å²) in [5, 5.41) is 8.00. The zero-order valence-electron chi connectivity index (χ0n) is 14.1. The number of aromatic nitrogens is 4. The minimum absolute atomic E-state index is 0.401. The van der Waals surface area contributed by atoms with Crippen LogP contribution in [0, 0.1) is 0 Å². The Bertz CT molecular complexity index is 555. The van der Waals surface area contributed by atoms with Gasteiger partial charge in [0.05, 0.1) is 0 Å². The number of hydrogen-bond donors (Lipinski definition) is 2. The fraction of sp³-hybridized carbons (Fsp3) is 0.733. The van der Waals surface area contributed by atoms with Crippen LogP contribution in [0.15, 0.2) is 9.05 Å². The van der Waals surface area contributed by atoms with E-state index in [1.165, 1.54) is 0 Å². The van der Waals surface area contributed by atoms with Crippen molar-refractivity contribution >= 4 is 11.8 Å². The minimum Gasteiger partial charge on any atom is -0.362 e. The number of nitrogen functional groups attached to an aromatic ring is 2. The van der Waals surface area contributed by atoms with Crippen molar-refractivity contribution in [3.8, 4) is 0 Å². The second-order valence-electron chi connectivity index (χ2n) is 5.77. The molecule has 0 fully saturated rings. The summed E-state index contributed by atoms with van der Waals surface area (Å²) in [5.41, 5.74) is 13.7. The summed E-state index contributed by atoms with van der Waals surface area (Å²) in [6.45, 7) is 5.96. The molecule has 2 aromatic rings. The fourth-order valence-corrected chi connectivity index (χ4v) is 2.54. The molecule has 2 rings (SSSR count). The van der Waals surface area contributed by atoms with E-state index in [4.69, 9.17) is 20.5 Å². The van der Waals surface area contributed by atoms with E-state index in [9.17, 15) is 0 Å². The van der Waals surface area contributed by atoms with Gasteiger partial charge in [0, 0.05) is 25.7 Å². The molecule has 0 saturated heterocycles. The Labute approximate surface area is 136 Å². The summed E-state index contributed by atoms with van der Waals surface area (Å²) in [4.78, 5) is 0. The van der Waals surface area contributed by atoms with Crippen molar-refractivity contribution in [2.75, 3.05) is 11.5 Å². The molecule has 0 radical (unpaired) electrons. The lowest BCUT2D eigenvalue weighted by atomic mass is 10.1. The lowest BCUT2D eigenvalue weighted by molar-refractivity contribution is -0.769. The van der Waals surface area contributed by atoms with Gasteiger partial charge in [-0.05, 0) is 15.8 Å². The third kappa shape index (κ3) is 4.43. The van der Waals surface area contributed by atoms with E-state index >= 15 is 0 Å². The van der Waals surface area contributed by atoms with Crippen LogP contribution in [0.3, 0.4) is 0 Å². The number of rotatable bonds is 10. The highest BCUT2D eigenvalue weighted by Crippen LogP contribution is 2.13. The molecule has 8 heteroatoms. The average Bonchev–Trinajstić information content (AvgIpc) is 3.07. The lowest BCUT2D eigenvalue weighted by Crippen LogP contribution is -2.40. The summed E-state index contributed by atoms with van der Waals surface area (Å²) < 4.78 is 13.9. The van der Waals surface area contributed by atoms with Crippen molar-refractivity contribution < 1.29 is 18.4 Å². The first-order valence-corrected chi connectivity index (χ1v) is 8.45. The highest BCUT2D eigenvalue weighted by molar-refractivity contribution is 5.27. The van der Waals surface area contributed by atoms with E-state index in [0.29, 0.717) is 11.8 Å². The molecule has 0 amide bonds. The van der Waals surface area contributed by atoms with Gasteiger partial charge >= 0.3 is 0 Å². The second kappa shape index (κ2) is 8.50. The third-order valence-corrected chi connectivity index (χ3v) is 3.94. The normalized spacial score (nSPS) is 11.2. The Balaban J connectivity index is 1.95. The lowest BCUT2D eigenvalue weighted by Gasteiger charge is -1.96. The first-order chi connectivity index (χ1) is 11.2. The van der Waals surface area contributed by atoms with Gasteiger partial charge in [-0.25, -0.2) is 0 Å². The Kier molecular flexibility index (Phi) is 6.37. The Morgan fingerprint density at radius 3 is 1.61 bits per heavy atom. The summed E-state index contributed by atoms with van der Waals surface area (Å²) in [5.74, 6) is 0.802. The molecular formula is C15H28N6O2+2. The Morgan fingerprint density at radius 1 is 0.783 bits per heavy atom. The molecule has 0 atom stereocenters. The van der Waals surface area contributed by atoms with E-state index in [0.717, 1.165) is 69.4 Å². The molecule has 2 heterocycles. The number of hydrogen-bond acceptors (Lipinski definition) is 6. The molecule has 0 saturated carbocycles. The van der Waals surface area contributed by atoms with E-state index in [-0.39, 0.29) is 0 Å². The van der Waals surface area contributed by atoms with Crippen molar-refractivity contribution in [2.24, 2.45) is 0 Å². The molecular weight excluding hydrogens is 296 g/mol. The number of nitrogens with two attached hydrogens (primary N) is 2. The molecule has 0 aliphatic carbocycles. The zero-order valence-corrected chi connectivity index (χ0v) is 14.1.